The Morgan fingerprint density at radius 2 is 1.12 bits per heavy atom. The first-order valence-electron chi connectivity index (χ1n) is 9.51. The number of nitrogens with zero attached hydrogens (tertiary/aromatic N) is 2. The third kappa shape index (κ3) is 2.78. The van der Waals surface area contributed by atoms with E-state index in [-0.39, 0.29) is 0 Å². The van der Waals surface area contributed by atoms with E-state index in [4.69, 9.17) is 0 Å². The van der Waals surface area contributed by atoms with Crippen LogP contribution in [0.4, 0.5) is 0 Å². The van der Waals surface area contributed by atoms with Crippen molar-refractivity contribution in [3.8, 4) is 0 Å². The Morgan fingerprint density at radius 1 is 0.667 bits per heavy atom. The maximum Gasteiger partial charge on any atom is 0.0602 e. The van der Waals surface area contributed by atoms with Gasteiger partial charge in [0.1, 0.15) is 0 Å². The molecule has 0 bridgehead atoms. The Balaban J connectivity index is 1.36. The van der Waals surface area contributed by atoms with Crippen molar-refractivity contribution < 1.29 is 0 Å². The van der Waals surface area contributed by atoms with E-state index >= 15 is 0 Å². The second-order valence-corrected chi connectivity index (χ2v) is 7.74. The highest BCUT2D eigenvalue weighted by molar-refractivity contribution is 5.32. The molecule has 1 heterocycles. The van der Waals surface area contributed by atoms with Crippen molar-refractivity contribution in [1.82, 2.24) is 9.80 Å². The molecule has 3 aliphatic rings. The fraction of sp³-hybridized carbons (Fsp3) is 0.455. The molecule has 2 aromatic rings. The summed E-state index contributed by atoms with van der Waals surface area (Å²) in [6, 6.07) is 25.1. The lowest BCUT2D eigenvalue weighted by atomic mass is 9.92. The molecule has 124 valence electrons. The lowest BCUT2D eigenvalue weighted by Crippen LogP contribution is -2.61. The molecule has 2 aromatic carbocycles. The lowest BCUT2D eigenvalue weighted by molar-refractivity contribution is 0.00507. The monoisotopic (exact) mass is 318 g/mol. The van der Waals surface area contributed by atoms with Gasteiger partial charge < -0.3 is 0 Å². The zero-order valence-electron chi connectivity index (χ0n) is 14.2. The predicted molar refractivity (Wildman–Crippen MR) is 98.0 cm³/mol. The van der Waals surface area contributed by atoms with Gasteiger partial charge in [0.05, 0.1) is 6.04 Å². The highest BCUT2D eigenvalue weighted by Gasteiger charge is 2.47. The summed E-state index contributed by atoms with van der Waals surface area (Å²) in [7, 11) is 0. The van der Waals surface area contributed by atoms with Crippen LogP contribution in [0.3, 0.4) is 0 Å². The van der Waals surface area contributed by atoms with E-state index in [1.54, 1.807) is 0 Å². The van der Waals surface area contributed by atoms with Gasteiger partial charge in [-0.2, -0.15) is 0 Å². The third-order valence-electron chi connectivity index (χ3n) is 5.84. The summed E-state index contributed by atoms with van der Waals surface area (Å²) in [5.74, 6) is 0. The lowest BCUT2D eigenvalue weighted by Gasteiger charge is -2.49. The molecule has 1 saturated heterocycles. The number of benzene rings is 2. The van der Waals surface area contributed by atoms with E-state index < -0.39 is 0 Å². The van der Waals surface area contributed by atoms with Gasteiger partial charge in [0, 0.05) is 31.2 Å². The molecule has 0 N–H and O–H groups in total. The van der Waals surface area contributed by atoms with Crippen LogP contribution in [0, 0.1) is 0 Å². The van der Waals surface area contributed by atoms with E-state index in [1.165, 1.54) is 49.9 Å². The highest BCUT2D eigenvalue weighted by Crippen LogP contribution is 2.42. The van der Waals surface area contributed by atoms with E-state index in [0.29, 0.717) is 6.04 Å². The topological polar surface area (TPSA) is 6.48 Å². The van der Waals surface area contributed by atoms with Crippen molar-refractivity contribution >= 4 is 0 Å². The van der Waals surface area contributed by atoms with Gasteiger partial charge in [-0.1, -0.05) is 60.7 Å². The average molecular weight is 318 g/mol. The van der Waals surface area contributed by atoms with Gasteiger partial charge in [-0.3, -0.25) is 9.80 Å². The van der Waals surface area contributed by atoms with Gasteiger partial charge in [0.25, 0.3) is 0 Å². The molecule has 24 heavy (non-hydrogen) atoms. The Morgan fingerprint density at radius 3 is 1.54 bits per heavy atom. The van der Waals surface area contributed by atoms with Gasteiger partial charge in [-0.15, -0.1) is 0 Å². The molecule has 1 aliphatic heterocycles. The Kier molecular flexibility index (Phi) is 3.68. The molecular weight excluding hydrogens is 292 g/mol. The fourth-order valence-electron chi connectivity index (χ4n) is 4.41. The molecule has 0 radical (unpaired) electrons. The van der Waals surface area contributed by atoms with Gasteiger partial charge in [-0.25, -0.2) is 0 Å². The van der Waals surface area contributed by atoms with Crippen LogP contribution in [0.25, 0.3) is 0 Å². The Hall–Kier alpha value is -1.64. The third-order valence-corrected chi connectivity index (χ3v) is 5.84. The van der Waals surface area contributed by atoms with E-state index in [1.807, 2.05) is 0 Å². The van der Waals surface area contributed by atoms with Crippen LogP contribution in [0.1, 0.15) is 42.9 Å². The van der Waals surface area contributed by atoms with Crippen LogP contribution in [-0.2, 0) is 0 Å². The largest absolute Gasteiger partial charge is 0.292 e. The first-order chi connectivity index (χ1) is 11.9. The minimum atomic E-state index is 0.406. The molecule has 0 aromatic heterocycles. The zero-order valence-corrected chi connectivity index (χ0v) is 14.2. The summed E-state index contributed by atoms with van der Waals surface area (Å²) in [4.78, 5) is 5.55. The van der Waals surface area contributed by atoms with Crippen LogP contribution < -0.4 is 0 Å². The standard InChI is InChI=1S/C22H26N2/c1-3-7-17(8-4-1)22(18-9-5-2-6-10-18)23-15-21(16-23)24(19-11-12-19)20-13-14-20/h1-10,19-22H,11-16H2. The first-order valence-corrected chi connectivity index (χ1v) is 9.51. The second kappa shape index (κ2) is 6.02. The van der Waals surface area contributed by atoms with Gasteiger partial charge >= 0.3 is 0 Å². The van der Waals surface area contributed by atoms with Crippen LogP contribution in [0.2, 0.25) is 0 Å². The van der Waals surface area contributed by atoms with E-state index in [0.717, 1.165) is 18.1 Å². The van der Waals surface area contributed by atoms with Crippen LogP contribution in [0.5, 0.6) is 0 Å². The highest BCUT2D eigenvalue weighted by atomic mass is 15.4. The normalized spacial score (nSPS) is 22.1. The number of hydrogen-bond donors (Lipinski definition) is 0. The van der Waals surface area contributed by atoms with Crippen LogP contribution >= 0.6 is 0 Å². The quantitative estimate of drug-likeness (QED) is 0.791. The molecule has 0 atom stereocenters. The zero-order chi connectivity index (χ0) is 15.9. The second-order valence-electron chi connectivity index (χ2n) is 7.74. The predicted octanol–water partition coefficient (Wildman–Crippen LogP) is 4.09. The summed E-state index contributed by atoms with van der Waals surface area (Å²) in [5, 5.41) is 0. The molecule has 2 saturated carbocycles. The van der Waals surface area contributed by atoms with Gasteiger partial charge in [0.2, 0.25) is 0 Å². The molecule has 3 fully saturated rings. The van der Waals surface area contributed by atoms with Crippen molar-refractivity contribution in [3.05, 3.63) is 71.8 Å². The summed E-state index contributed by atoms with van der Waals surface area (Å²) in [5.41, 5.74) is 2.85. The molecule has 5 rings (SSSR count). The van der Waals surface area contributed by atoms with Crippen molar-refractivity contribution in [2.45, 2.75) is 49.9 Å². The molecule has 2 aliphatic carbocycles. The molecule has 0 spiro atoms. The molecular formula is C22H26N2. The minimum Gasteiger partial charge on any atom is -0.292 e. The molecule has 2 nitrogen and oxygen atoms in total. The number of hydrogen-bond acceptors (Lipinski definition) is 2. The van der Waals surface area contributed by atoms with Crippen molar-refractivity contribution in [3.63, 3.8) is 0 Å². The average Bonchev–Trinajstić information content (AvgIpc) is 3.48. The van der Waals surface area contributed by atoms with Gasteiger partial charge in [0.15, 0.2) is 0 Å². The van der Waals surface area contributed by atoms with Crippen molar-refractivity contribution in [1.29, 1.82) is 0 Å². The maximum atomic E-state index is 2.88. The van der Waals surface area contributed by atoms with Crippen molar-refractivity contribution in [2.24, 2.45) is 0 Å². The summed E-state index contributed by atoms with van der Waals surface area (Å²) in [6.07, 6.45) is 5.75. The fourth-order valence-corrected chi connectivity index (χ4v) is 4.41. The maximum absolute atomic E-state index is 2.88. The number of likely N-dealkylation sites (tertiary alicyclic amines) is 1. The van der Waals surface area contributed by atoms with E-state index in [9.17, 15) is 0 Å². The van der Waals surface area contributed by atoms with Gasteiger partial charge in [-0.05, 0) is 36.8 Å². The molecule has 2 heteroatoms. The van der Waals surface area contributed by atoms with Crippen LogP contribution in [-0.4, -0.2) is 41.0 Å². The molecule has 0 unspecified atom stereocenters. The molecule has 0 amide bonds. The minimum absolute atomic E-state index is 0.406. The summed E-state index contributed by atoms with van der Waals surface area (Å²) < 4.78 is 0. The smallest absolute Gasteiger partial charge is 0.0602 e. The first kappa shape index (κ1) is 14.7. The summed E-state index contributed by atoms with van der Waals surface area (Å²) >= 11 is 0. The van der Waals surface area contributed by atoms with E-state index in [2.05, 4.69) is 70.5 Å². The van der Waals surface area contributed by atoms with Crippen molar-refractivity contribution in [2.75, 3.05) is 13.1 Å². The summed E-state index contributed by atoms with van der Waals surface area (Å²) in [6.45, 7) is 2.45. The number of rotatable bonds is 6. The SMILES string of the molecule is c1ccc(C(c2ccccc2)N2CC(N(C3CC3)C3CC3)C2)cc1. The van der Waals surface area contributed by atoms with Crippen LogP contribution in [0.15, 0.2) is 60.7 Å². The Labute approximate surface area is 145 Å². The Bertz CT molecular complexity index is 618.